The highest BCUT2D eigenvalue weighted by molar-refractivity contribution is 5.91. The zero-order valence-electron chi connectivity index (χ0n) is 14.2. The van der Waals surface area contributed by atoms with E-state index in [1.165, 1.54) is 12.1 Å². The van der Waals surface area contributed by atoms with Crippen LogP contribution in [0.4, 0.5) is 10.2 Å². The minimum absolute atomic E-state index is 0.0102. The number of benzene rings is 1. The number of nitrogens with zero attached hydrogens (tertiary/aromatic N) is 2. The Bertz CT molecular complexity index is 711. The number of halogens is 1. The molecule has 6 nitrogen and oxygen atoms in total. The highest BCUT2D eigenvalue weighted by Gasteiger charge is 2.25. The Morgan fingerprint density at radius 3 is 2.88 bits per heavy atom. The largest absolute Gasteiger partial charge is 0.492 e. The van der Waals surface area contributed by atoms with E-state index in [9.17, 15) is 9.18 Å². The lowest BCUT2D eigenvalue weighted by molar-refractivity contribution is -0.121. The third-order valence-corrected chi connectivity index (χ3v) is 4.31. The van der Waals surface area contributed by atoms with E-state index in [2.05, 4.69) is 15.4 Å². The molecule has 0 saturated carbocycles. The van der Waals surface area contributed by atoms with Crippen LogP contribution >= 0.6 is 0 Å². The number of piperidine rings is 1. The van der Waals surface area contributed by atoms with Crippen molar-refractivity contribution in [2.24, 2.45) is 5.92 Å². The predicted octanol–water partition coefficient (Wildman–Crippen LogP) is 2.85. The van der Waals surface area contributed by atoms with E-state index in [0.717, 1.165) is 32.5 Å². The topological polar surface area (TPSA) is 67.6 Å². The molecular formula is C18H22FN3O3. The van der Waals surface area contributed by atoms with Gasteiger partial charge in [0, 0.05) is 24.6 Å². The number of amides is 1. The Balaban J connectivity index is 1.37. The van der Waals surface area contributed by atoms with Crippen LogP contribution in [-0.2, 0) is 4.79 Å². The Morgan fingerprint density at radius 2 is 2.20 bits per heavy atom. The smallest absolute Gasteiger partial charge is 0.228 e. The number of hydrogen-bond acceptors (Lipinski definition) is 5. The molecule has 0 unspecified atom stereocenters. The first-order chi connectivity index (χ1) is 12.1. The number of carbonyl (C=O) groups excluding carboxylic acids is 1. The third-order valence-electron chi connectivity index (χ3n) is 4.31. The van der Waals surface area contributed by atoms with Crippen molar-refractivity contribution in [2.75, 3.05) is 31.6 Å². The van der Waals surface area contributed by atoms with E-state index >= 15 is 0 Å². The van der Waals surface area contributed by atoms with Crippen LogP contribution in [0.3, 0.4) is 0 Å². The number of carbonyl (C=O) groups is 1. The van der Waals surface area contributed by atoms with Gasteiger partial charge in [0.05, 0.1) is 0 Å². The second kappa shape index (κ2) is 8.11. The first-order valence-corrected chi connectivity index (χ1v) is 8.45. The summed E-state index contributed by atoms with van der Waals surface area (Å²) in [6.07, 6.45) is 1.59. The molecular weight excluding hydrogens is 325 g/mol. The molecule has 7 heteroatoms. The summed E-state index contributed by atoms with van der Waals surface area (Å²) in [5, 5.41) is 6.58. The standard InChI is InChI=1S/C18H22FN3O3/c1-13-11-17(21-25-13)20-18(23)14-5-7-22(8-6-14)9-10-24-16-4-2-3-15(19)12-16/h2-4,11-12,14H,5-10H2,1H3,(H,20,21,23). The SMILES string of the molecule is Cc1cc(NC(=O)C2CCN(CCOc3cccc(F)c3)CC2)no1. The number of nitrogens with one attached hydrogen (secondary N) is 1. The van der Waals surface area contributed by atoms with E-state index in [4.69, 9.17) is 9.26 Å². The molecule has 1 aromatic heterocycles. The van der Waals surface area contributed by atoms with E-state index in [0.29, 0.717) is 23.9 Å². The molecule has 1 amide bonds. The normalized spacial score (nSPS) is 15.9. The van der Waals surface area contributed by atoms with Crippen LogP contribution in [0.2, 0.25) is 0 Å². The highest BCUT2D eigenvalue weighted by atomic mass is 19.1. The molecule has 0 aliphatic carbocycles. The van der Waals surface area contributed by atoms with Crippen LogP contribution in [-0.4, -0.2) is 42.2 Å². The van der Waals surface area contributed by atoms with Crippen LogP contribution in [0, 0.1) is 18.7 Å². The van der Waals surface area contributed by atoms with Crippen molar-refractivity contribution in [1.29, 1.82) is 0 Å². The minimum atomic E-state index is -0.299. The van der Waals surface area contributed by atoms with Crippen molar-refractivity contribution in [3.8, 4) is 5.75 Å². The first-order valence-electron chi connectivity index (χ1n) is 8.45. The highest BCUT2D eigenvalue weighted by Crippen LogP contribution is 2.19. The van der Waals surface area contributed by atoms with Gasteiger partial charge >= 0.3 is 0 Å². The summed E-state index contributed by atoms with van der Waals surface area (Å²) < 4.78 is 23.6. The van der Waals surface area contributed by atoms with Crippen molar-refractivity contribution in [2.45, 2.75) is 19.8 Å². The van der Waals surface area contributed by atoms with Gasteiger partial charge in [-0.25, -0.2) is 4.39 Å². The molecule has 1 saturated heterocycles. The summed E-state index contributed by atoms with van der Waals surface area (Å²) in [6.45, 7) is 4.71. The molecule has 1 aromatic carbocycles. The van der Waals surface area contributed by atoms with Gasteiger partial charge in [-0.3, -0.25) is 9.69 Å². The van der Waals surface area contributed by atoms with Gasteiger partial charge in [0.1, 0.15) is 23.9 Å². The van der Waals surface area contributed by atoms with Crippen LogP contribution in [0.5, 0.6) is 5.75 Å². The van der Waals surface area contributed by atoms with Crippen molar-refractivity contribution in [3.63, 3.8) is 0 Å². The maximum atomic E-state index is 13.1. The van der Waals surface area contributed by atoms with Gasteiger partial charge in [-0.1, -0.05) is 11.2 Å². The molecule has 2 aromatic rings. The molecule has 3 rings (SSSR count). The molecule has 134 valence electrons. The van der Waals surface area contributed by atoms with E-state index < -0.39 is 0 Å². The second-order valence-electron chi connectivity index (χ2n) is 6.23. The number of rotatable bonds is 6. The van der Waals surface area contributed by atoms with Gasteiger partial charge in [0.15, 0.2) is 5.82 Å². The van der Waals surface area contributed by atoms with Gasteiger partial charge in [-0.05, 0) is 45.0 Å². The summed E-state index contributed by atoms with van der Waals surface area (Å²) in [7, 11) is 0. The van der Waals surface area contributed by atoms with Crippen molar-refractivity contribution >= 4 is 11.7 Å². The van der Waals surface area contributed by atoms with Gasteiger partial charge < -0.3 is 14.6 Å². The maximum absolute atomic E-state index is 13.1. The van der Waals surface area contributed by atoms with Gasteiger partial charge in [0.25, 0.3) is 0 Å². The molecule has 0 radical (unpaired) electrons. The van der Waals surface area contributed by atoms with Crippen LogP contribution in [0.15, 0.2) is 34.9 Å². The summed E-state index contributed by atoms with van der Waals surface area (Å²) in [5.41, 5.74) is 0. The lowest BCUT2D eigenvalue weighted by Crippen LogP contribution is -2.40. The summed E-state index contributed by atoms with van der Waals surface area (Å²) >= 11 is 0. The van der Waals surface area contributed by atoms with Gasteiger partial charge in [-0.15, -0.1) is 0 Å². The van der Waals surface area contributed by atoms with Crippen molar-refractivity contribution < 1.29 is 18.4 Å². The minimum Gasteiger partial charge on any atom is -0.492 e. The second-order valence-corrected chi connectivity index (χ2v) is 6.23. The Kier molecular flexibility index (Phi) is 5.65. The number of aryl methyl sites for hydroxylation is 1. The zero-order valence-corrected chi connectivity index (χ0v) is 14.2. The number of likely N-dealkylation sites (tertiary alicyclic amines) is 1. The fourth-order valence-electron chi connectivity index (χ4n) is 2.92. The molecule has 1 N–H and O–H groups in total. The number of anilines is 1. The monoisotopic (exact) mass is 347 g/mol. The third kappa shape index (κ3) is 5.03. The summed E-state index contributed by atoms with van der Waals surface area (Å²) in [5.74, 6) is 1.35. The van der Waals surface area contributed by atoms with Crippen LogP contribution in [0.1, 0.15) is 18.6 Å². The molecule has 25 heavy (non-hydrogen) atoms. The van der Waals surface area contributed by atoms with E-state index in [1.807, 2.05) is 0 Å². The Hall–Kier alpha value is -2.41. The average Bonchev–Trinajstić information content (AvgIpc) is 3.00. The molecule has 1 aliphatic rings. The van der Waals surface area contributed by atoms with E-state index in [-0.39, 0.29) is 17.6 Å². The van der Waals surface area contributed by atoms with Gasteiger partial charge in [0.2, 0.25) is 5.91 Å². The maximum Gasteiger partial charge on any atom is 0.228 e. The Morgan fingerprint density at radius 1 is 1.40 bits per heavy atom. The van der Waals surface area contributed by atoms with Crippen LogP contribution in [0.25, 0.3) is 0 Å². The molecule has 0 atom stereocenters. The molecule has 0 spiro atoms. The first kappa shape index (κ1) is 17.4. The quantitative estimate of drug-likeness (QED) is 0.870. The zero-order chi connectivity index (χ0) is 17.6. The molecule has 0 bridgehead atoms. The predicted molar refractivity (Wildman–Crippen MR) is 90.9 cm³/mol. The number of ether oxygens (including phenoxy) is 1. The van der Waals surface area contributed by atoms with Crippen molar-refractivity contribution in [3.05, 3.63) is 41.9 Å². The molecule has 1 fully saturated rings. The van der Waals surface area contributed by atoms with Crippen molar-refractivity contribution in [1.82, 2.24) is 10.1 Å². The fraction of sp³-hybridized carbons (Fsp3) is 0.444. The number of hydrogen-bond donors (Lipinski definition) is 1. The lowest BCUT2D eigenvalue weighted by Gasteiger charge is -2.30. The van der Waals surface area contributed by atoms with Gasteiger partial charge in [-0.2, -0.15) is 0 Å². The lowest BCUT2D eigenvalue weighted by atomic mass is 9.96. The average molecular weight is 347 g/mol. The molecule has 1 aliphatic heterocycles. The van der Waals surface area contributed by atoms with Crippen LogP contribution < -0.4 is 10.1 Å². The number of aromatic nitrogens is 1. The summed E-state index contributed by atoms with van der Waals surface area (Å²) in [4.78, 5) is 14.5. The van der Waals surface area contributed by atoms with E-state index in [1.54, 1.807) is 25.1 Å². The Labute approximate surface area is 145 Å². The summed E-state index contributed by atoms with van der Waals surface area (Å²) in [6, 6.07) is 7.85. The molecule has 2 heterocycles. The fourth-order valence-corrected chi connectivity index (χ4v) is 2.92.